The summed E-state index contributed by atoms with van der Waals surface area (Å²) in [5.41, 5.74) is -0.0672. The smallest absolute Gasteiger partial charge is 0.251 e. The van der Waals surface area contributed by atoms with Crippen LogP contribution in [-0.2, 0) is 0 Å². The van der Waals surface area contributed by atoms with Gasteiger partial charge in [-0.1, -0.05) is 22.0 Å². The number of benzene rings is 1. The maximum Gasteiger partial charge on any atom is 0.251 e. The van der Waals surface area contributed by atoms with E-state index >= 15 is 0 Å². The number of hydrogen-bond donors (Lipinski definition) is 2. The highest BCUT2D eigenvalue weighted by Gasteiger charge is 2.26. The molecule has 1 atom stereocenters. The first-order valence-electron chi connectivity index (χ1n) is 5.09. The van der Waals surface area contributed by atoms with Crippen molar-refractivity contribution < 1.29 is 9.90 Å². The number of carbonyl (C=O) groups is 1. The van der Waals surface area contributed by atoms with Crippen LogP contribution in [0.4, 0.5) is 0 Å². The number of nitrogens with one attached hydrogen (secondary N) is 1. The van der Waals surface area contributed by atoms with Crippen LogP contribution in [0.1, 0.15) is 31.1 Å². The minimum absolute atomic E-state index is 0.188. The second-order valence-corrected chi connectivity index (χ2v) is 5.28. The van der Waals surface area contributed by atoms with Crippen LogP contribution in [0.15, 0.2) is 28.7 Å². The van der Waals surface area contributed by atoms with Crippen LogP contribution in [0.2, 0.25) is 0 Å². The predicted molar refractivity (Wildman–Crippen MR) is 67.4 cm³/mol. The monoisotopic (exact) mass is 285 g/mol. The van der Waals surface area contributed by atoms with E-state index in [9.17, 15) is 9.90 Å². The molecule has 1 aromatic rings. The summed E-state index contributed by atoms with van der Waals surface area (Å²) in [5.74, 6) is -0.188. The van der Waals surface area contributed by atoms with E-state index in [0.29, 0.717) is 5.56 Å². The van der Waals surface area contributed by atoms with Gasteiger partial charge in [-0.05, 0) is 39.0 Å². The average molecular weight is 286 g/mol. The maximum atomic E-state index is 11.9. The lowest BCUT2D eigenvalue weighted by Gasteiger charge is -2.29. The fourth-order valence-corrected chi connectivity index (χ4v) is 1.50. The van der Waals surface area contributed by atoms with Crippen molar-refractivity contribution in [3.8, 4) is 0 Å². The first-order chi connectivity index (χ1) is 7.33. The van der Waals surface area contributed by atoms with E-state index in [-0.39, 0.29) is 5.91 Å². The normalized spacial score (nSPS) is 13.3. The van der Waals surface area contributed by atoms with Gasteiger partial charge in [-0.2, -0.15) is 0 Å². The summed E-state index contributed by atoms with van der Waals surface area (Å²) in [5, 5.41) is 12.3. The van der Waals surface area contributed by atoms with E-state index in [4.69, 9.17) is 0 Å². The Morgan fingerprint density at radius 2 is 2.12 bits per heavy atom. The Labute approximate surface area is 104 Å². The van der Waals surface area contributed by atoms with Gasteiger partial charge in [0.25, 0.3) is 5.91 Å². The molecule has 0 aliphatic rings. The first-order valence-corrected chi connectivity index (χ1v) is 5.88. The van der Waals surface area contributed by atoms with Crippen LogP contribution in [0.5, 0.6) is 0 Å². The quantitative estimate of drug-likeness (QED) is 0.896. The third-order valence-electron chi connectivity index (χ3n) is 2.57. The van der Waals surface area contributed by atoms with Crippen LogP contribution < -0.4 is 5.32 Å². The molecule has 16 heavy (non-hydrogen) atoms. The van der Waals surface area contributed by atoms with Gasteiger partial charge in [-0.15, -0.1) is 0 Å². The fraction of sp³-hybridized carbons (Fsp3) is 0.417. The molecule has 0 radical (unpaired) electrons. The molecule has 4 heteroatoms. The molecule has 88 valence electrons. The molecular formula is C12H16BrNO2. The second-order valence-electron chi connectivity index (χ2n) is 4.36. The standard InChI is InChI=1S/C12H16BrNO2/c1-8(15)12(2,3)14-11(16)9-5-4-6-10(13)7-9/h4-8,15H,1-3H3,(H,14,16). The molecule has 0 aliphatic carbocycles. The molecule has 0 spiro atoms. The van der Waals surface area contributed by atoms with Crippen LogP contribution >= 0.6 is 15.9 Å². The minimum Gasteiger partial charge on any atom is -0.391 e. The van der Waals surface area contributed by atoms with Crippen LogP contribution in [-0.4, -0.2) is 22.7 Å². The molecule has 0 fully saturated rings. The number of aliphatic hydroxyl groups excluding tert-OH is 1. The van der Waals surface area contributed by atoms with Crippen LogP contribution in [0, 0.1) is 0 Å². The predicted octanol–water partition coefficient (Wildman–Crippen LogP) is 2.34. The second kappa shape index (κ2) is 4.97. The summed E-state index contributed by atoms with van der Waals surface area (Å²) < 4.78 is 0.856. The van der Waals surface area contributed by atoms with Crippen molar-refractivity contribution in [3.63, 3.8) is 0 Å². The molecule has 0 heterocycles. The lowest BCUT2D eigenvalue weighted by Crippen LogP contribution is -2.50. The van der Waals surface area contributed by atoms with Gasteiger partial charge in [0.05, 0.1) is 11.6 Å². The molecular weight excluding hydrogens is 270 g/mol. The Bertz CT molecular complexity index is 388. The molecule has 0 saturated heterocycles. The van der Waals surface area contributed by atoms with E-state index in [0.717, 1.165) is 4.47 Å². The van der Waals surface area contributed by atoms with E-state index in [1.54, 1.807) is 39.0 Å². The Hall–Kier alpha value is -0.870. The van der Waals surface area contributed by atoms with Crippen molar-refractivity contribution in [2.75, 3.05) is 0 Å². The van der Waals surface area contributed by atoms with Gasteiger partial charge in [0.1, 0.15) is 0 Å². The number of amides is 1. The molecule has 2 N–H and O–H groups in total. The Kier molecular flexibility index (Phi) is 4.10. The summed E-state index contributed by atoms with van der Waals surface area (Å²) in [6.45, 7) is 5.22. The average Bonchev–Trinajstić information content (AvgIpc) is 2.16. The summed E-state index contributed by atoms with van der Waals surface area (Å²) >= 11 is 3.31. The zero-order chi connectivity index (χ0) is 12.3. The number of hydrogen-bond acceptors (Lipinski definition) is 2. The van der Waals surface area contributed by atoms with Gasteiger partial charge in [-0.25, -0.2) is 0 Å². The van der Waals surface area contributed by atoms with Gasteiger partial charge in [-0.3, -0.25) is 4.79 Å². The lowest BCUT2D eigenvalue weighted by atomic mass is 9.98. The van der Waals surface area contributed by atoms with Gasteiger partial charge in [0.15, 0.2) is 0 Å². The summed E-state index contributed by atoms with van der Waals surface area (Å²) in [6, 6.07) is 7.14. The SMILES string of the molecule is CC(O)C(C)(C)NC(=O)c1cccc(Br)c1. The van der Waals surface area contributed by atoms with E-state index in [1.807, 2.05) is 6.07 Å². The van der Waals surface area contributed by atoms with Gasteiger partial charge in [0, 0.05) is 10.0 Å². The molecule has 1 amide bonds. The Morgan fingerprint density at radius 3 is 2.62 bits per heavy atom. The highest BCUT2D eigenvalue weighted by molar-refractivity contribution is 9.10. The minimum atomic E-state index is -0.639. The zero-order valence-corrected chi connectivity index (χ0v) is 11.2. The highest BCUT2D eigenvalue weighted by atomic mass is 79.9. The first kappa shape index (κ1) is 13.2. The molecule has 1 aromatic carbocycles. The van der Waals surface area contributed by atoms with Crippen molar-refractivity contribution in [1.29, 1.82) is 0 Å². The van der Waals surface area contributed by atoms with E-state index in [1.165, 1.54) is 0 Å². The Morgan fingerprint density at radius 1 is 1.50 bits per heavy atom. The van der Waals surface area contributed by atoms with E-state index < -0.39 is 11.6 Å². The number of rotatable bonds is 3. The highest BCUT2D eigenvalue weighted by Crippen LogP contribution is 2.14. The zero-order valence-electron chi connectivity index (χ0n) is 9.62. The van der Waals surface area contributed by atoms with Crippen molar-refractivity contribution in [1.82, 2.24) is 5.32 Å². The van der Waals surface area contributed by atoms with E-state index in [2.05, 4.69) is 21.2 Å². The summed E-state index contributed by atoms with van der Waals surface area (Å²) in [4.78, 5) is 11.9. The summed E-state index contributed by atoms with van der Waals surface area (Å²) in [6.07, 6.45) is -0.608. The molecule has 1 rings (SSSR count). The van der Waals surface area contributed by atoms with Crippen molar-refractivity contribution in [3.05, 3.63) is 34.3 Å². The van der Waals surface area contributed by atoms with Crippen molar-refractivity contribution in [2.24, 2.45) is 0 Å². The Balaban J connectivity index is 2.81. The third-order valence-corrected chi connectivity index (χ3v) is 3.06. The lowest BCUT2D eigenvalue weighted by molar-refractivity contribution is 0.0709. The van der Waals surface area contributed by atoms with Gasteiger partial charge in [0.2, 0.25) is 0 Å². The van der Waals surface area contributed by atoms with Crippen LogP contribution in [0.3, 0.4) is 0 Å². The topological polar surface area (TPSA) is 49.3 Å². The van der Waals surface area contributed by atoms with Crippen molar-refractivity contribution in [2.45, 2.75) is 32.4 Å². The van der Waals surface area contributed by atoms with Gasteiger partial charge < -0.3 is 10.4 Å². The number of carbonyl (C=O) groups excluding carboxylic acids is 1. The molecule has 0 aromatic heterocycles. The molecule has 3 nitrogen and oxygen atoms in total. The largest absolute Gasteiger partial charge is 0.391 e. The molecule has 0 bridgehead atoms. The summed E-state index contributed by atoms with van der Waals surface area (Å²) in [7, 11) is 0. The number of halogens is 1. The molecule has 0 aliphatic heterocycles. The third kappa shape index (κ3) is 3.32. The van der Waals surface area contributed by atoms with Gasteiger partial charge >= 0.3 is 0 Å². The van der Waals surface area contributed by atoms with Crippen molar-refractivity contribution >= 4 is 21.8 Å². The maximum absolute atomic E-state index is 11.9. The molecule has 1 unspecified atom stereocenters. The van der Waals surface area contributed by atoms with Crippen LogP contribution in [0.25, 0.3) is 0 Å². The fourth-order valence-electron chi connectivity index (χ4n) is 1.10. The number of aliphatic hydroxyl groups is 1. The molecule has 0 saturated carbocycles.